The van der Waals surface area contributed by atoms with Crippen molar-refractivity contribution in [1.29, 1.82) is 0 Å². The lowest BCUT2D eigenvalue weighted by atomic mass is 9.94. The van der Waals surface area contributed by atoms with E-state index in [-0.39, 0.29) is 5.41 Å². The molecule has 0 unspecified atom stereocenters. The highest BCUT2D eigenvalue weighted by Crippen LogP contribution is 2.52. The molecule has 3 heteroatoms. The minimum Gasteiger partial charge on any atom is -0.377 e. The van der Waals surface area contributed by atoms with E-state index in [1.54, 1.807) is 0 Å². The van der Waals surface area contributed by atoms with Crippen LogP contribution in [0.5, 0.6) is 0 Å². The minimum atomic E-state index is 0.236. The van der Waals surface area contributed by atoms with E-state index in [9.17, 15) is 0 Å². The third-order valence-electron chi connectivity index (χ3n) is 3.25. The van der Waals surface area contributed by atoms with E-state index in [0.29, 0.717) is 0 Å². The standard InChI is InChI=1S/C12H17BrN2/c1-15(2)10-5-3-4-9(13)11(10)12(8-14)6-7-12/h3-5H,6-8,14H2,1-2H3. The fourth-order valence-electron chi connectivity index (χ4n) is 2.12. The Bertz CT molecular complexity index is 370. The highest BCUT2D eigenvalue weighted by molar-refractivity contribution is 9.10. The van der Waals surface area contributed by atoms with E-state index in [1.165, 1.54) is 28.6 Å². The van der Waals surface area contributed by atoms with E-state index in [0.717, 1.165) is 6.54 Å². The first kappa shape index (κ1) is 11.0. The molecule has 1 aromatic carbocycles. The summed E-state index contributed by atoms with van der Waals surface area (Å²) in [7, 11) is 4.16. The van der Waals surface area contributed by atoms with Crippen molar-refractivity contribution in [3.8, 4) is 0 Å². The molecular weight excluding hydrogens is 252 g/mol. The van der Waals surface area contributed by atoms with Crippen LogP contribution in [0, 0.1) is 0 Å². The van der Waals surface area contributed by atoms with Crippen LogP contribution in [-0.2, 0) is 5.41 Å². The topological polar surface area (TPSA) is 29.3 Å². The number of halogens is 1. The molecule has 1 fully saturated rings. The van der Waals surface area contributed by atoms with Crippen molar-refractivity contribution in [2.45, 2.75) is 18.3 Å². The summed E-state index contributed by atoms with van der Waals surface area (Å²) in [5.41, 5.74) is 8.81. The molecule has 0 aromatic heterocycles. The van der Waals surface area contributed by atoms with E-state index in [1.807, 2.05) is 0 Å². The normalized spacial score (nSPS) is 17.6. The van der Waals surface area contributed by atoms with Gasteiger partial charge in [0.1, 0.15) is 0 Å². The number of hydrogen-bond acceptors (Lipinski definition) is 2. The molecule has 0 saturated heterocycles. The fraction of sp³-hybridized carbons (Fsp3) is 0.500. The molecule has 0 aliphatic heterocycles. The lowest BCUT2D eigenvalue weighted by Gasteiger charge is -2.24. The monoisotopic (exact) mass is 268 g/mol. The Kier molecular flexibility index (Phi) is 2.77. The molecule has 2 N–H and O–H groups in total. The summed E-state index contributed by atoms with van der Waals surface area (Å²) in [5, 5.41) is 0. The summed E-state index contributed by atoms with van der Waals surface area (Å²) in [6, 6.07) is 6.35. The predicted molar refractivity (Wildman–Crippen MR) is 68.4 cm³/mol. The quantitative estimate of drug-likeness (QED) is 0.913. The largest absolute Gasteiger partial charge is 0.377 e. The van der Waals surface area contributed by atoms with Crippen LogP contribution < -0.4 is 10.6 Å². The van der Waals surface area contributed by atoms with Gasteiger partial charge in [-0.3, -0.25) is 0 Å². The zero-order valence-electron chi connectivity index (χ0n) is 9.26. The van der Waals surface area contributed by atoms with Crippen LogP contribution >= 0.6 is 15.9 Å². The molecule has 1 aliphatic rings. The molecule has 1 aromatic rings. The van der Waals surface area contributed by atoms with E-state index in [2.05, 4.69) is 53.1 Å². The number of anilines is 1. The smallest absolute Gasteiger partial charge is 0.0411 e. The average Bonchev–Trinajstić information content (AvgIpc) is 2.98. The Morgan fingerprint density at radius 2 is 2.07 bits per heavy atom. The van der Waals surface area contributed by atoms with Gasteiger partial charge >= 0.3 is 0 Å². The number of benzene rings is 1. The first-order valence-electron chi connectivity index (χ1n) is 5.27. The second kappa shape index (κ2) is 3.80. The van der Waals surface area contributed by atoms with Crippen LogP contribution in [0.4, 0.5) is 5.69 Å². The first-order chi connectivity index (χ1) is 7.10. The zero-order valence-corrected chi connectivity index (χ0v) is 10.8. The Morgan fingerprint density at radius 1 is 1.40 bits per heavy atom. The third-order valence-corrected chi connectivity index (χ3v) is 3.91. The summed E-state index contributed by atoms with van der Waals surface area (Å²) in [5.74, 6) is 0. The second-order valence-electron chi connectivity index (χ2n) is 4.51. The van der Waals surface area contributed by atoms with Gasteiger partial charge in [0.15, 0.2) is 0 Å². The van der Waals surface area contributed by atoms with Gasteiger partial charge in [0.05, 0.1) is 0 Å². The molecule has 0 atom stereocenters. The molecule has 1 aliphatic carbocycles. The molecular formula is C12H17BrN2. The van der Waals surface area contributed by atoms with Crippen molar-refractivity contribution in [3.63, 3.8) is 0 Å². The van der Waals surface area contributed by atoms with Crippen molar-refractivity contribution in [3.05, 3.63) is 28.2 Å². The molecule has 1 saturated carbocycles. The van der Waals surface area contributed by atoms with Crippen LogP contribution in [0.3, 0.4) is 0 Å². The Morgan fingerprint density at radius 3 is 2.53 bits per heavy atom. The molecule has 0 amide bonds. The number of rotatable bonds is 3. The van der Waals surface area contributed by atoms with Crippen LogP contribution in [0.25, 0.3) is 0 Å². The first-order valence-corrected chi connectivity index (χ1v) is 6.06. The molecule has 2 rings (SSSR count). The molecule has 82 valence electrons. The molecule has 0 spiro atoms. The summed E-state index contributed by atoms with van der Waals surface area (Å²) in [6.07, 6.45) is 2.43. The molecule has 0 radical (unpaired) electrons. The van der Waals surface area contributed by atoms with Gasteiger partial charge in [0.2, 0.25) is 0 Å². The Balaban J connectivity index is 2.53. The van der Waals surface area contributed by atoms with Crippen molar-refractivity contribution in [1.82, 2.24) is 0 Å². The van der Waals surface area contributed by atoms with Gasteiger partial charge in [-0.2, -0.15) is 0 Å². The average molecular weight is 269 g/mol. The van der Waals surface area contributed by atoms with E-state index in [4.69, 9.17) is 5.73 Å². The van der Waals surface area contributed by atoms with Gasteiger partial charge in [0, 0.05) is 36.2 Å². The number of hydrogen-bond donors (Lipinski definition) is 1. The Labute approximate surface area is 99.6 Å². The van der Waals surface area contributed by atoms with Crippen molar-refractivity contribution < 1.29 is 0 Å². The summed E-state index contributed by atoms with van der Waals surface area (Å²) in [6.45, 7) is 0.746. The summed E-state index contributed by atoms with van der Waals surface area (Å²) < 4.78 is 1.19. The van der Waals surface area contributed by atoms with Crippen molar-refractivity contribution in [2.24, 2.45) is 5.73 Å². The number of nitrogens with two attached hydrogens (primary N) is 1. The maximum atomic E-state index is 5.90. The molecule has 0 bridgehead atoms. The highest BCUT2D eigenvalue weighted by Gasteiger charge is 2.45. The van der Waals surface area contributed by atoms with Crippen molar-refractivity contribution in [2.75, 3.05) is 25.5 Å². The zero-order chi connectivity index (χ0) is 11.1. The maximum Gasteiger partial charge on any atom is 0.0411 e. The lowest BCUT2D eigenvalue weighted by molar-refractivity contribution is 0.699. The Hall–Kier alpha value is -0.540. The van der Waals surface area contributed by atoms with E-state index >= 15 is 0 Å². The second-order valence-corrected chi connectivity index (χ2v) is 5.37. The molecule has 2 nitrogen and oxygen atoms in total. The van der Waals surface area contributed by atoms with Crippen LogP contribution in [-0.4, -0.2) is 20.6 Å². The molecule has 0 heterocycles. The van der Waals surface area contributed by atoms with Gasteiger partial charge in [-0.05, 0) is 30.5 Å². The SMILES string of the molecule is CN(C)c1cccc(Br)c1C1(CN)CC1. The highest BCUT2D eigenvalue weighted by atomic mass is 79.9. The van der Waals surface area contributed by atoms with Gasteiger partial charge in [-0.15, -0.1) is 0 Å². The van der Waals surface area contributed by atoms with Crippen LogP contribution in [0.2, 0.25) is 0 Å². The van der Waals surface area contributed by atoms with Gasteiger partial charge in [-0.1, -0.05) is 22.0 Å². The number of nitrogens with zero attached hydrogens (tertiary/aromatic N) is 1. The van der Waals surface area contributed by atoms with Gasteiger partial charge < -0.3 is 10.6 Å². The van der Waals surface area contributed by atoms with Crippen LogP contribution in [0.15, 0.2) is 22.7 Å². The van der Waals surface area contributed by atoms with Gasteiger partial charge in [0.25, 0.3) is 0 Å². The lowest BCUT2D eigenvalue weighted by Crippen LogP contribution is -2.24. The van der Waals surface area contributed by atoms with Gasteiger partial charge in [-0.25, -0.2) is 0 Å². The molecule has 15 heavy (non-hydrogen) atoms. The minimum absolute atomic E-state index is 0.236. The summed E-state index contributed by atoms with van der Waals surface area (Å²) in [4.78, 5) is 2.16. The maximum absolute atomic E-state index is 5.90. The third kappa shape index (κ3) is 1.79. The summed E-state index contributed by atoms with van der Waals surface area (Å²) >= 11 is 3.65. The van der Waals surface area contributed by atoms with Crippen LogP contribution in [0.1, 0.15) is 18.4 Å². The predicted octanol–water partition coefficient (Wildman–Crippen LogP) is 2.51. The fourth-order valence-corrected chi connectivity index (χ4v) is 2.89. The van der Waals surface area contributed by atoms with E-state index < -0.39 is 0 Å². The van der Waals surface area contributed by atoms with Crippen molar-refractivity contribution >= 4 is 21.6 Å².